The zero-order chi connectivity index (χ0) is 11.2. The van der Waals surface area contributed by atoms with Crippen LogP contribution in [0.1, 0.15) is 19.8 Å². The van der Waals surface area contributed by atoms with Crippen LogP contribution in [-0.2, 0) is 4.79 Å². The fourth-order valence-corrected chi connectivity index (χ4v) is 0.860. The highest BCUT2D eigenvalue weighted by atomic mass is 19.3. The first-order valence-electron chi connectivity index (χ1n) is 4.24. The van der Waals surface area contributed by atoms with Crippen LogP contribution in [0.3, 0.4) is 0 Å². The van der Waals surface area contributed by atoms with Crippen molar-refractivity contribution < 1.29 is 18.7 Å². The lowest BCUT2D eigenvalue weighted by Crippen LogP contribution is -2.43. The molecule has 1 unspecified atom stereocenters. The minimum atomic E-state index is -3.76. The van der Waals surface area contributed by atoms with E-state index in [0.29, 0.717) is 6.42 Å². The summed E-state index contributed by atoms with van der Waals surface area (Å²) < 4.78 is 25.1. The maximum Gasteiger partial charge on any atom is 0.375 e. The fraction of sp³-hybridized carbons (Fsp3) is 0.667. The first kappa shape index (κ1) is 12.8. The highest BCUT2D eigenvalue weighted by Gasteiger charge is 2.38. The normalized spacial score (nSPS) is 13.3. The Labute approximate surface area is 81.5 Å². The molecule has 0 radical (unpaired) electrons. The molecule has 0 heterocycles. The van der Waals surface area contributed by atoms with Gasteiger partial charge in [-0.3, -0.25) is 5.32 Å². The van der Waals surface area contributed by atoms with E-state index < -0.39 is 24.5 Å². The fourth-order valence-electron chi connectivity index (χ4n) is 0.860. The van der Waals surface area contributed by atoms with Gasteiger partial charge in [-0.1, -0.05) is 19.3 Å². The van der Waals surface area contributed by atoms with Crippen molar-refractivity contribution in [3.63, 3.8) is 0 Å². The van der Waals surface area contributed by atoms with E-state index in [2.05, 4.69) is 11.2 Å². The Morgan fingerprint density at radius 2 is 2.29 bits per heavy atom. The summed E-state index contributed by atoms with van der Waals surface area (Å²) in [7, 11) is 0. The molecule has 0 amide bonds. The number of hydrogen-bond acceptors (Lipinski definition) is 2. The van der Waals surface area contributed by atoms with Crippen molar-refractivity contribution in [3.8, 4) is 12.3 Å². The number of halogens is 2. The monoisotopic (exact) mass is 205 g/mol. The molecule has 0 aliphatic rings. The minimum Gasteiger partial charge on any atom is -0.477 e. The second-order valence-corrected chi connectivity index (χ2v) is 2.90. The summed E-state index contributed by atoms with van der Waals surface area (Å²) in [6, 6.07) is -0.495. The number of rotatable bonds is 6. The van der Waals surface area contributed by atoms with Gasteiger partial charge in [0.1, 0.15) is 0 Å². The van der Waals surface area contributed by atoms with E-state index in [9.17, 15) is 13.6 Å². The second-order valence-electron chi connectivity index (χ2n) is 2.90. The van der Waals surface area contributed by atoms with Gasteiger partial charge in [-0.2, -0.15) is 8.78 Å². The number of hydrogen-bond donors (Lipinski definition) is 2. The van der Waals surface area contributed by atoms with Gasteiger partial charge >= 0.3 is 11.9 Å². The summed E-state index contributed by atoms with van der Waals surface area (Å²) in [4.78, 5) is 10.0. The zero-order valence-corrected chi connectivity index (χ0v) is 7.89. The van der Waals surface area contributed by atoms with Crippen LogP contribution >= 0.6 is 0 Å². The maximum absolute atomic E-state index is 12.6. The zero-order valence-electron chi connectivity index (χ0n) is 7.89. The van der Waals surface area contributed by atoms with Crippen molar-refractivity contribution in [2.24, 2.45) is 0 Å². The minimum absolute atomic E-state index is 0.495. The maximum atomic E-state index is 12.6. The Hall–Kier alpha value is -1.15. The number of terminal acetylenes is 1. The molecular weight excluding hydrogens is 192 g/mol. The first-order valence-corrected chi connectivity index (χ1v) is 4.24. The van der Waals surface area contributed by atoms with Crippen molar-refractivity contribution >= 4 is 5.97 Å². The average Bonchev–Trinajstić information content (AvgIpc) is 2.12. The second kappa shape index (κ2) is 5.55. The van der Waals surface area contributed by atoms with Gasteiger partial charge in [-0.05, 0) is 6.42 Å². The molecule has 3 nitrogen and oxygen atoms in total. The van der Waals surface area contributed by atoms with Crippen LogP contribution < -0.4 is 5.32 Å². The predicted octanol–water partition coefficient (Wildman–Crippen LogP) is 1.10. The van der Waals surface area contributed by atoms with Crippen molar-refractivity contribution in [3.05, 3.63) is 0 Å². The predicted molar refractivity (Wildman–Crippen MR) is 48.1 cm³/mol. The highest BCUT2D eigenvalue weighted by molar-refractivity contribution is 5.75. The SMILES string of the molecule is C#CC(CCC)NCC(F)(F)C(=O)O. The van der Waals surface area contributed by atoms with Crippen LogP contribution in [0.2, 0.25) is 0 Å². The molecule has 0 aliphatic heterocycles. The van der Waals surface area contributed by atoms with Gasteiger partial charge in [0.15, 0.2) is 0 Å². The van der Waals surface area contributed by atoms with E-state index in [0.717, 1.165) is 6.42 Å². The molecule has 0 rings (SSSR count). The topological polar surface area (TPSA) is 49.3 Å². The Morgan fingerprint density at radius 1 is 1.71 bits per heavy atom. The Balaban J connectivity index is 4.03. The number of carboxylic acids is 1. The van der Waals surface area contributed by atoms with Gasteiger partial charge in [-0.15, -0.1) is 6.42 Å². The molecule has 0 spiro atoms. The molecule has 0 aromatic carbocycles. The lowest BCUT2D eigenvalue weighted by Gasteiger charge is -2.16. The van der Waals surface area contributed by atoms with Crippen LogP contribution in [0, 0.1) is 12.3 Å². The summed E-state index contributed by atoms with van der Waals surface area (Å²) in [5.41, 5.74) is 0. The third-order valence-corrected chi connectivity index (χ3v) is 1.66. The first-order chi connectivity index (χ1) is 6.44. The number of alkyl halides is 2. The third kappa shape index (κ3) is 4.19. The molecular formula is C9H13F2NO2. The Kier molecular flexibility index (Phi) is 5.10. The van der Waals surface area contributed by atoms with E-state index in [4.69, 9.17) is 11.5 Å². The summed E-state index contributed by atoms with van der Waals surface area (Å²) in [6.07, 6.45) is 6.36. The van der Waals surface area contributed by atoms with Gasteiger partial charge in [0, 0.05) is 0 Å². The largest absolute Gasteiger partial charge is 0.477 e. The quantitative estimate of drug-likeness (QED) is 0.638. The summed E-state index contributed by atoms with van der Waals surface area (Å²) in [6.45, 7) is 0.929. The van der Waals surface area contributed by atoms with Crippen molar-refractivity contribution in [2.75, 3.05) is 6.54 Å². The summed E-state index contributed by atoms with van der Waals surface area (Å²) in [5, 5.41) is 10.4. The van der Waals surface area contributed by atoms with Gasteiger partial charge in [0.05, 0.1) is 12.6 Å². The molecule has 0 aromatic rings. The van der Waals surface area contributed by atoms with E-state index in [-0.39, 0.29) is 0 Å². The number of carbonyl (C=O) groups is 1. The lowest BCUT2D eigenvalue weighted by atomic mass is 10.1. The molecule has 2 N–H and O–H groups in total. The average molecular weight is 205 g/mol. The van der Waals surface area contributed by atoms with Crippen molar-refractivity contribution in [1.82, 2.24) is 5.32 Å². The Bertz CT molecular complexity index is 235. The van der Waals surface area contributed by atoms with E-state index in [1.807, 2.05) is 6.92 Å². The molecule has 0 saturated carbocycles. The molecule has 0 aliphatic carbocycles. The van der Waals surface area contributed by atoms with Gasteiger partial charge in [0.25, 0.3) is 0 Å². The van der Waals surface area contributed by atoms with Crippen molar-refractivity contribution in [1.29, 1.82) is 0 Å². The third-order valence-electron chi connectivity index (χ3n) is 1.66. The van der Waals surface area contributed by atoms with Gasteiger partial charge in [-0.25, -0.2) is 4.79 Å². The number of aliphatic carboxylic acids is 1. The van der Waals surface area contributed by atoms with Gasteiger partial charge < -0.3 is 5.11 Å². The van der Waals surface area contributed by atoms with Crippen molar-refractivity contribution in [2.45, 2.75) is 31.7 Å². The molecule has 80 valence electrons. The molecule has 0 fully saturated rings. The van der Waals surface area contributed by atoms with E-state index in [1.54, 1.807) is 0 Å². The van der Waals surface area contributed by atoms with Crippen LogP contribution in [-0.4, -0.2) is 29.6 Å². The number of nitrogens with one attached hydrogen (secondary N) is 1. The Morgan fingerprint density at radius 3 is 2.64 bits per heavy atom. The van der Waals surface area contributed by atoms with E-state index >= 15 is 0 Å². The van der Waals surface area contributed by atoms with Crippen LogP contribution in [0.25, 0.3) is 0 Å². The summed E-state index contributed by atoms with van der Waals surface area (Å²) in [5.74, 6) is -3.63. The molecule has 5 heteroatoms. The smallest absolute Gasteiger partial charge is 0.375 e. The molecule has 0 bridgehead atoms. The molecule has 0 saturated heterocycles. The molecule has 0 aromatic heterocycles. The van der Waals surface area contributed by atoms with Crippen LogP contribution in [0.4, 0.5) is 8.78 Å². The standard InChI is InChI=1S/C9H13F2NO2/c1-3-5-7(4-2)12-6-9(10,11)8(13)14/h2,7,12H,3,5-6H2,1H3,(H,13,14). The molecule has 1 atom stereocenters. The number of carboxylic acid groups (broad SMARTS) is 1. The van der Waals surface area contributed by atoms with Crippen LogP contribution in [0.15, 0.2) is 0 Å². The lowest BCUT2D eigenvalue weighted by molar-refractivity contribution is -0.164. The van der Waals surface area contributed by atoms with Gasteiger partial charge in [0.2, 0.25) is 0 Å². The van der Waals surface area contributed by atoms with E-state index in [1.165, 1.54) is 0 Å². The molecule has 14 heavy (non-hydrogen) atoms. The highest BCUT2D eigenvalue weighted by Crippen LogP contribution is 2.12. The summed E-state index contributed by atoms with van der Waals surface area (Å²) >= 11 is 0. The van der Waals surface area contributed by atoms with Crippen LogP contribution in [0.5, 0.6) is 0 Å².